The number of furan rings is 1. The average molecular weight is 536 g/mol. The van der Waals surface area contributed by atoms with Crippen LogP contribution in [0.25, 0.3) is 17.4 Å². The number of nitrogens with zero attached hydrogens (tertiary/aromatic N) is 3. The number of carbonyl (C=O) groups is 3. The van der Waals surface area contributed by atoms with Gasteiger partial charge in [-0.05, 0) is 61.5 Å². The molecule has 9 nitrogen and oxygen atoms in total. The molecule has 0 aliphatic carbocycles. The molecule has 3 aromatic rings. The zero-order valence-corrected chi connectivity index (χ0v) is 20.6. The van der Waals surface area contributed by atoms with Gasteiger partial charge >= 0.3 is 5.97 Å². The molecular formula is C28H26ClN3O6. The number of ether oxygens (including phenoxy) is 1. The van der Waals surface area contributed by atoms with Crippen molar-refractivity contribution in [3.05, 3.63) is 82.1 Å². The summed E-state index contributed by atoms with van der Waals surface area (Å²) in [4.78, 5) is 39.1. The summed E-state index contributed by atoms with van der Waals surface area (Å²) >= 11 is 6.33. The first-order valence-electron chi connectivity index (χ1n) is 11.5. The number of hydrazone groups is 1. The summed E-state index contributed by atoms with van der Waals surface area (Å²) in [6.45, 7) is 3.68. The van der Waals surface area contributed by atoms with E-state index in [9.17, 15) is 19.5 Å². The van der Waals surface area contributed by atoms with E-state index in [-0.39, 0.29) is 18.9 Å². The first-order chi connectivity index (χ1) is 17.8. The van der Waals surface area contributed by atoms with Crippen molar-refractivity contribution in [2.75, 3.05) is 31.3 Å². The minimum absolute atomic E-state index is 0. The lowest BCUT2D eigenvalue weighted by Crippen LogP contribution is -2.40. The molecule has 3 heterocycles. The molecule has 1 N–H and O–H groups in total. The van der Waals surface area contributed by atoms with E-state index in [1.165, 1.54) is 17.1 Å². The third-order valence-corrected chi connectivity index (χ3v) is 6.42. The fourth-order valence-corrected chi connectivity index (χ4v) is 4.34. The number of amides is 2. The van der Waals surface area contributed by atoms with Gasteiger partial charge in [-0.15, -0.1) is 0 Å². The quantitative estimate of drug-likeness (QED) is 0.449. The van der Waals surface area contributed by atoms with E-state index in [4.69, 9.17) is 20.8 Å². The zero-order valence-electron chi connectivity index (χ0n) is 19.8. The van der Waals surface area contributed by atoms with E-state index < -0.39 is 11.9 Å². The van der Waals surface area contributed by atoms with Crippen LogP contribution in [0.5, 0.6) is 0 Å². The number of benzene rings is 2. The van der Waals surface area contributed by atoms with Crippen LogP contribution in [0.4, 0.5) is 5.69 Å². The first-order valence-corrected chi connectivity index (χ1v) is 11.9. The summed E-state index contributed by atoms with van der Waals surface area (Å²) in [6, 6.07) is 14.6. The van der Waals surface area contributed by atoms with Crippen molar-refractivity contribution in [1.29, 1.82) is 0 Å². The third-order valence-electron chi connectivity index (χ3n) is 6.09. The Kier molecular flexibility index (Phi) is 7.80. The molecule has 0 atom stereocenters. The molecule has 1 saturated heterocycles. The molecule has 0 unspecified atom stereocenters. The van der Waals surface area contributed by atoms with Gasteiger partial charge in [0, 0.05) is 18.7 Å². The van der Waals surface area contributed by atoms with Crippen LogP contribution in [0.1, 0.15) is 40.8 Å². The minimum Gasteiger partial charge on any atom is -0.478 e. The fraction of sp³-hybridized carbons (Fsp3) is 0.214. The van der Waals surface area contributed by atoms with Crippen LogP contribution in [-0.4, -0.2) is 59.8 Å². The molecule has 38 heavy (non-hydrogen) atoms. The number of carboxylic acids is 1. The number of morpholine rings is 1. The third kappa shape index (κ3) is 5.25. The van der Waals surface area contributed by atoms with Gasteiger partial charge in [0.15, 0.2) is 0 Å². The Morgan fingerprint density at radius 2 is 1.84 bits per heavy atom. The number of hydrogen-bond acceptors (Lipinski definition) is 6. The molecule has 1 aromatic heterocycles. The topological polar surface area (TPSA) is 113 Å². The number of aromatic carboxylic acids is 1. The van der Waals surface area contributed by atoms with Crippen LogP contribution in [0, 0.1) is 0 Å². The lowest BCUT2D eigenvalue weighted by atomic mass is 10.1. The number of hydrogen-bond donors (Lipinski definition) is 1. The predicted molar refractivity (Wildman–Crippen MR) is 145 cm³/mol. The van der Waals surface area contributed by atoms with Crippen LogP contribution < -0.4 is 5.01 Å². The smallest absolute Gasteiger partial charge is 0.335 e. The van der Waals surface area contributed by atoms with Crippen LogP contribution in [0.2, 0.25) is 5.02 Å². The lowest BCUT2D eigenvalue weighted by molar-refractivity contribution is -0.114. The monoisotopic (exact) mass is 535 g/mol. The maximum Gasteiger partial charge on any atom is 0.335 e. The lowest BCUT2D eigenvalue weighted by Gasteiger charge is -2.27. The maximum atomic E-state index is 13.1. The maximum absolute atomic E-state index is 13.1. The molecule has 2 aliphatic heterocycles. The van der Waals surface area contributed by atoms with Crippen LogP contribution in [0.15, 0.2) is 69.7 Å². The van der Waals surface area contributed by atoms with E-state index in [2.05, 4.69) is 5.10 Å². The summed E-state index contributed by atoms with van der Waals surface area (Å²) in [6.07, 6.45) is 1.58. The molecule has 0 radical (unpaired) electrons. The van der Waals surface area contributed by atoms with Gasteiger partial charge in [0.05, 0.1) is 46.3 Å². The van der Waals surface area contributed by atoms with Crippen LogP contribution in [0.3, 0.4) is 0 Å². The molecule has 0 saturated carbocycles. The van der Waals surface area contributed by atoms with Crippen molar-refractivity contribution in [3.8, 4) is 11.3 Å². The van der Waals surface area contributed by atoms with Gasteiger partial charge in [-0.1, -0.05) is 25.1 Å². The highest BCUT2D eigenvalue weighted by atomic mass is 35.5. The molecule has 2 aromatic carbocycles. The second-order valence-corrected chi connectivity index (χ2v) is 8.92. The van der Waals surface area contributed by atoms with Crippen molar-refractivity contribution < 1.29 is 28.6 Å². The summed E-state index contributed by atoms with van der Waals surface area (Å²) in [5.74, 6) is -0.733. The zero-order chi connectivity index (χ0) is 26.1. The minimum atomic E-state index is -1.09. The van der Waals surface area contributed by atoms with Gasteiger partial charge in [-0.2, -0.15) is 10.1 Å². The van der Waals surface area contributed by atoms with Gasteiger partial charge < -0.3 is 19.2 Å². The first kappa shape index (κ1) is 26.8. The van der Waals surface area contributed by atoms with Crippen molar-refractivity contribution >= 4 is 46.9 Å². The molecule has 2 aliphatic rings. The normalized spacial score (nSPS) is 16.4. The number of rotatable bonds is 5. The van der Waals surface area contributed by atoms with Crippen molar-refractivity contribution in [2.45, 2.75) is 14.4 Å². The Hall–Kier alpha value is -4.21. The summed E-state index contributed by atoms with van der Waals surface area (Å²) < 4.78 is 11.3. The Bertz CT molecular complexity index is 1470. The van der Waals surface area contributed by atoms with E-state index in [1.807, 2.05) is 0 Å². The number of halogens is 1. The Labute approximate surface area is 224 Å². The number of anilines is 1. The second kappa shape index (κ2) is 11.0. The van der Waals surface area contributed by atoms with Crippen molar-refractivity contribution in [1.82, 2.24) is 4.90 Å². The second-order valence-electron chi connectivity index (χ2n) is 8.52. The number of carbonyl (C=O) groups excluding carboxylic acids is 2. The van der Waals surface area contributed by atoms with Crippen LogP contribution in [-0.2, 0) is 9.53 Å². The molecule has 2 amide bonds. The molecule has 196 valence electrons. The fourth-order valence-electron chi connectivity index (χ4n) is 4.14. The molecular weight excluding hydrogens is 510 g/mol. The Morgan fingerprint density at radius 1 is 1.08 bits per heavy atom. The van der Waals surface area contributed by atoms with Gasteiger partial charge in [0.1, 0.15) is 11.5 Å². The van der Waals surface area contributed by atoms with E-state index >= 15 is 0 Å². The predicted octanol–water partition coefficient (Wildman–Crippen LogP) is 5.21. The number of carboxylic acid groups (broad SMARTS) is 1. The van der Waals surface area contributed by atoms with E-state index in [0.29, 0.717) is 70.9 Å². The van der Waals surface area contributed by atoms with Gasteiger partial charge in [-0.25, -0.2) is 4.79 Å². The highest BCUT2D eigenvalue weighted by Gasteiger charge is 2.29. The van der Waals surface area contributed by atoms with Gasteiger partial charge in [-0.3, -0.25) is 9.59 Å². The van der Waals surface area contributed by atoms with Gasteiger partial charge in [0.2, 0.25) is 0 Å². The van der Waals surface area contributed by atoms with Crippen molar-refractivity contribution in [3.63, 3.8) is 0 Å². The molecule has 1 fully saturated rings. The highest BCUT2D eigenvalue weighted by molar-refractivity contribution is 6.34. The van der Waals surface area contributed by atoms with Crippen molar-refractivity contribution in [2.24, 2.45) is 5.10 Å². The average Bonchev–Trinajstić information content (AvgIpc) is 3.49. The van der Waals surface area contributed by atoms with E-state index in [0.717, 1.165) is 0 Å². The molecule has 5 rings (SSSR count). The Morgan fingerprint density at radius 3 is 2.58 bits per heavy atom. The largest absolute Gasteiger partial charge is 0.478 e. The summed E-state index contributed by atoms with van der Waals surface area (Å²) in [5.41, 5.74) is 2.24. The molecule has 10 heteroatoms. The van der Waals surface area contributed by atoms with E-state index in [1.54, 1.807) is 60.4 Å². The molecule has 0 spiro atoms. The summed E-state index contributed by atoms with van der Waals surface area (Å²) in [5, 5.41) is 15.1. The highest BCUT2D eigenvalue weighted by Crippen LogP contribution is 2.30. The standard InChI is InChI=1S/C27H22ClN3O6.CH4/c1-16-21(26(33)31(29-16)19-4-2-3-18(13-19)27(34)35)15-20-6-8-24(37-20)17-5-7-23(28)22(14-17)25(32)30-9-11-36-12-10-30;/h2-8,13-15H,9-12H2,1H3,(H,34,35);1H4/b21-15-;. The van der Waals surface area contributed by atoms with Crippen LogP contribution >= 0.6 is 11.6 Å². The Balaban J connectivity index is 0.00000336. The SMILES string of the molecule is C.CC1=NN(c2cccc(C(=O)O)c2)C(=O)/C1=C\c1ccc(-c2ccc(Cl)c(C(=O)N3CCOCC3)c2)o1. The van der Waals surface area contributed by atoms with Gasteiger partial charge in [0.25, 0.3) is 11.8 Å². The molecule has 0 bridgehead atoms. The summed E-state index contributed by atoms with van der Waals surface area (Å²) in [7, 11) is 0.